The van der Waals surface area contributed by atoms with Crippen molar-refractivity contribution in [1.29, 1.82) is 0 Å². The summed E-state index contributed by atoms with van der Waals surface area (Å²) in [6.07, 6.45) is 5.76. The maximum atomic E-state index is 6.48. The highest BCUT2D eigenvalue weighted by Crippen LogP contribution is 2.51. The smallest absolute Gasteiger partial charge is 0.0696 e. The Balaban J connectivity index is 1.53. The van der Waals surface area contributed by atoms with Crippen LogP contribution in [0.15, 0.2) is 54.6 Å². The van der Waals surface area contributed by atoms with Gasteiger partial charge in [-0.15, -0.1) is 11.6 Å². The van der Waals surface area contributed by atoms with E-state index in [9.17, 15) is 0 Å². The van der Waals surface area contributed by atoms with Gasteiger partial charge in [0.1, 0.15) is 0 Å². The van der Waals surface area contributed by atoms with Gasteiger partial charge in [-0.25, -0.2) is 0 Å². The predicted octanol–water partition coefficient (Wildman–Crippen LogP) is 5.76. The van der Waals surface area contributed by atoms with Crippen LogP contribution in [0.5, 0.6) is 0 Å². The van der Waals surface area contributed by atoms with Crippen molar-refractivity contribution >= 4 is 11.6 Å². The minimum atomic E-state index is -0.0413. The Labute approximate surface area is 151 Å². The number of benzene rings is 2. The molecule has 0 aliphatic heterocycles. The highest BCUT2D eigenvalue weighted by Gasteiger charge is 2.41. The van der Waals surface area contributed by atoms with Crippen molar-refractivity contribution in [2.75, 3.05) is 7.05 Å². The average molecular weight is 342 g/mol. The van der Waals surface area contributed by atoms with Crippen molar-refractivity contribution in [3.05, 3.63) is 71.3 Å². The molecule has 0 radical (unpaired) electrons. The van der Waals surface area contributed by atoms with Crippen LogP contribution in [0.4, 0.5) is 0 Å². The zero-order valence-corrected chi connectivity index (χ0v) is 15.6. The molecule has 1 aliphatic rings. The van der Waals surface area contributed by atoms with Gasteiger partial charge < -0.3 is 0 Å². The topological polar surface area (TPSA) is 3.24 Å². The summed E-state index contributed by atoms with van der Waals surface area (Å²) in [6, 6.07) is 20.3. The number of hydrogen-bond acceptors (Lipinski definition) is 1. The number of halogens is 1. The Kier molecular flexibility index (Phi) is 5.63. The maximum Gasteiger partial charge on any atom is 0.0696 e. The molecule has 1 unspecified atom stereocenters. The van der Waals surface area contributed by atoms with Gasteiger partial charge in [0.15, 0.2) is 0 Å². The summed E-state index contributed by atoms with van der Waals surface area (Å²) in [5.74, 6) is 0. The van der Waals surface area contributed by atoms with Crippen LogP contribution in [0, 0.1) is 0 Å². The molecule has 0 heterocycles. The van der Waals surface area contributed by atoms with Gasteiger partial charge in [-0.2, -0.15) is 0 Å². The summed E-state index contributed by atoms with van der Waals surface area (Å²) in [6.45, 7) is 3.31. The zero-order chi connectivity index (χ0) is 17.0. The van der Waals surface area contributed by atoms with E-state index in [1.54, 1.807) is 0 Å². The average Bonchev–Trinajstić information content (AvgIpc) is 3.36. The van der Waals surface area contributed by atoms with E-state index in [0.717, 1.165) is 25.8 Å². The number of aryl methyl sites for hydroxylation is 1. The van der Waals surface area contributed by atoms with Crippen LogP contribution < -0.4 is 0 Å². The molecule has 3 rings (SSSR count). The van der Waals surface area contributed by atoms with Gasteiger partial charge in [0, 0.05) is 12.6 Å². The first-order valence-corrected chi connectivity index (χ1v) is 9.51. The van der Waals surface area contributed by atoms with Gasteiger partial charge in [0.25, 0.3) is 0 Å². The summed E-state index contributed by atoms with van der Waals surface area (Å²) in [5.41, 5.74) is 4.10. The van der Waals surface area contributed by atoms with Crippen LogP contribution in [0.3, 0.4) is 0 Å². The lowest BCUT2D eigenvalue weighted by atomic mass is 10.00. The first kappa shape index (κ1) is 17.5. The third-order valence-electron chi connectivity index (χ3n) is 5.30. The molecule has 1 fully saturated rings. The van der Waals surface area contributed by atoms with Crippen molar-refractivity contribution < 1.29 is 0 Å². The molecule has 2 aromatic rings. The second kappa shape index (κ2) is 7.72. The third-order valence-corrected chi connectivity index (χ3v) is 5.89. The van der Waals surface area contributed by atoms with Crippen molar-refractivity contribution in [3.63, 3.8) is 0 Å². The molecule has 128 valence electrons. The van der Waals surface area contributed by atoms with E-state index in [-0.39, 0.29) is 4.87 Å². The van der Waals surface area contributed by atoms with Crippen molar-refractivity contribution in [1.82, 2.24) is 4.90 Å². The van der Waals surface area contributed by atoms with Gasteiger partial charge in [-0.1, -0.05) is 61.5 Å². The van der Waals surface area contributed by atoms with Gasteiger partial charge in [-0.05, 0) is 55.8 Å². The Morgan fingerprint density at radius 1 is 1.00 bits per heavy atom. The van der Waals surface area contributed by atoms with Crippen molar-refractivity contribution in [2.24, 2.45) is 0 Å². The van der Waals surface area contributed by atoms with E-state index in [1.165, 1.54) is 29.5 Å². The number of alkyl halides is 1. The lowest BCUT2D eigenvalue weighted by Gasteiger charge is -2.27. The van der Waals surface area contributed by atoms with Crippen LogP contribution in [0.2, 0.25) is 0 Å². The number of rotatable bonds is 8. The van der Waals surface area contributed by atoms with Crippen LogP contribution in [0.25, 0.3) is 0 Å². The molecular formula is C22H28ClN. The van der Waals surface area contributed by atoms with Crippen LogP contribution in [-0.2, 0) is 17.8 Å². The van der Waals surface area contributed by atoms with Gasteiger partial charge >= 0.3 is 0 Å². The Morgan fingerprint density at radius 3 is 2.25 bits per heavy atom. The molecule has 0 spiro atoms. The molecule has 0 amide bonds. The first-order valence-electron chi connectivity index (χ1n) is 9.13. The summed E-state index contributed by atoms with van der Waals surface area (Å²) in [5, 5.41) is 0. The van der Waals surface area contributed by atoms with Gasteiger partial charge in [0.05, 0.1) is 4.87 Å². The molecule has 1 atom stereocenters. The molecule has 1 saturated carbocycles. The number of nitrogens with zero attached hydrogens (tertiary/aromatic N) is 1. The fourth-order valence-corrected chi connectivity index (χ4v) is 3.66. The fraction of sp³-hybridized carbons (Fsp3) is 0.455. The lowest BCUT2D eigenvalue weighted by Crippen LogP contribution is -2.31. The van der Waals surface area contributed by atoms with E-state index >= 15 is 0 Å². The second-order valence-corrected chi connectivity index (χ2v) is 7.89. The lowest BCUT2D eigenvalue weighted by molar-refractivity contribution is 0.216. The van der Waals surface area contributed by atoms with Crippen LogP contribution >= 0.6 is 11.6 Å². The number of hydrogen-bond donors (Lipinski definition) is 0. The van der Waals surface area contributed by atoms with E-state index in [2.05, 4.69) is 73.5 Å². The largest absolute Gasteiger partial charge is 0.299 e. The Bertz CT molecular complexity index is 631. The normalized spacial score (nSPS) is 17.0. The molecule has 0 saturated heterocycles. The standard InChI is InChI=1S/C22H28ClN/c1-3-21(24(2)17-19-7-5-4-6-8-19)14-11-18-9-12-20(13-10-18)22(23)15-16-22/h4-10,12-13,21H,3,11,14-17H2,1-2H3. The monoisotopic (exact) mass is 341 g/mol. The molecule has 2 heteroatoms. The van der Waals surface area contributed by atoms with Crippen molar-refractivity contribution in [3.8, 4) is 0 Å². The molecule has 1 nitrogen and oxygen atoms in total. The predicted molar refractivity (Wildman–Crippen MR) is 104 cm³/mol. The SMILES string of the molecule is CCC(CCc1ccc(C2(Cl)CC2)cc1)N(C)Cc1ccccc1. The molecule has 24 heavy (non-hydrogen) atoms. The highest BCUT2D eigenvalue weighted by molar-refractivity contribution is 6.25. The van der Waals surface area contributed by atoms with E-state index in [4.69, 9.17) is 11.6 Å². The van der Waals surface area contributed by atoms with Crippen LogP contribution in [-0.4, -0.2) is 18.0 Å². The molecule has 0 bridgehead atoms. The van der Waals surface area contributed by atoms with Gasteiger partial charge in [-0.3, -0.25) is 4.90 Å². The Hall–Kier alpha value is -1.31. The minimum Gasteiger partial charge on any atom is -0.299 e. The quantitative estimate of drug-likeness (QED) is 0.552. The van der Waals surface area contributed by atoms with E-state index in [0.29, 0.717) is 6.04 Å². The fourth-order valence-electron chi connectivity index (χ4n) is 3.44. The summed E-state index contributed by atoms with van der Waals surface area (Å²) in [4.78, 5) is 2.45. The molecule has 0 N–H and O–H groups in total. The summed E-state index contributed by atoms with van der Waals surface area (Å²) >= 11 is 6.48. The van der Waals surface area contributed by atoms with E-state index < -0.39 is 0 Å². The first-order chi connectivity index (χ1) is 11.6. The molecule has 0 aromatic heterocycles. The minimum absolute atomic E-state index is 0.0413. The van der Waals surface area contributed by atoms with E-state index in [1.807, 2.05) is 0 Å². The Morgan fingerprint density at radius 2 is 1.67 bits per heavy atom. The second-order valence-electron chi connectivity index (χ2n) is 7.16. The van der Waals surface area contributed by atoms with Crippen LogP contribution in [0.1, 0.15) is 49.3 Å². The molecule has 2 aromatic carbocycles. The molecular weight excluding hydrogens is 314 g/mol. The maximum absolute atomic E-state index is 6.48. The van der Waals surface area contributed by atoms with Crippen molar-refractivity contribution in [2.45, 2.75) is 56.5 Å². The summed E-state index contributed by atoms with van der Waals surface area (Å²) < 4.78 is 0. The van der Waals surface area contributed by atoms with Gasteiger partial charge in [0.2, 0.25) is 0 Å². The summed E-state index contributed by atoms with van der Waals surface area (Å²) in [7, 11) is 2.24. The highest BCUT2D eigenvalue weighted by atomic mass is 35.5. The molecule has 1 aliphatic carbocycles. The third kappa shape index (κ3) is 4.40. The zero-order valence-electron chi connectivity index (χ0n) is 14.8.